The molecule has 20 heavy (non-hydrogen) atoms. The summed E-state index contributed by atoms with van der Waals surface area (Å²) in [6.07, 6.45) is 0.0434. The molecule has 2 aromatic carbocycles. The van der Waals surface area contributed by atoms with Gasteiger partial charge in [-0.15, -0.1) is 0 Å². The topological polar surface area (TPSA) is 26.3 Å². The lowest BCUT2D eigenvalue weighted by Gasteiger charge is -2.15. The van der Waals surface area contributed by atoms with Crippen molar-refractivity contribution in [3.05, 3.63) is 64.7 Å². The number of hydrogen-bond acceptors (Lipinski definition) is 2. The van der Waals surface area contributed by atoms with Crippen LogP contribution in [-0.2, 0) is 0 Å². The van der Waals surface area contributed by atoms with Crippen molar-refractivity contribution in [3.63, 3.8) is 0 Å². The van der Waals surface area contributed by atoms with Crippen LogP contribution in [0.15, 0.2) is 42.5 Å². The maximum absolute atomic E-state index is 12.8. The number of ether oxygens (including phenoxy) is 1. The summed E-state index contributed by atoms with van der Waals surface area (Å²) in [5.41, 5.74) is 3.38. The average molecular weight is 268 g/mol. The third-order valence-electron chi connectivity index (χ3n) is 3.20. The molecule has 0 spiro atoms. The molecule has 2 nitrogen and oxygen atoms in total. The van der Waals surface area contributed by atoms with E-state index in [-0.39, 0.29) is 11.9 Å². The van der Waals surface area contributed by atoms with Crippen molar-refractivity contribution in [1.82, 2.24) is 0 Å². The summed E-state index contributed by atoms with van der Waals surface area (Å²) in [6.45, 7) is 7.85. The van der Waals surface area contributed by atoms with Gasteiger partial charge in [-0.05, 0) is 51.0 Å². The first-order valence-electron chi connectivity index (χ1n) is 6.87. The molecule has 2 rings (SSSR count). The lowest BCUT2D eigenvalue weighted by Crippen LogP contribution is -2.12. The Morgan fingerprint density at radius 1 is 0.950 bits per heavy atom. The maximum atomic E-state index is 12.8. The van der Waals surface area contributed by atoms with Gasteiger partial charge in [0, 0.05) is 5.56 Å². The molecule has 0 amide bonds. The predicted octanol–water partition coefficient (Wildman–Crippen LogP) is 4.32. The van der Waals surface area contributed by atoms with Gasteiger partial charge in [-0.3, -0.25) is 4.79 Å². The fraction of sp³-hybridized carbons (Fsp3) is 0.278. The van der Waals surface area contributed by atoms with Crippen LogP contribution < -0.4 is 4.74 Å². The van der Waals surface area contributed by atoms with E-state index in [0.717, 1.165) is 16.7 Å². The predicted molar refractivity (Wildman–Crippen MR) is 81.6 cm³/mol. The van der Waals surface area contributed by atoms with Crippen molar-refractivity contribution < 1.29 is 9.53 Å². The van der Waals surface area contributed by atoms with Gasteiger partial charge in [-0.1, -0.05) is 30.3 Å². The standard InChI is InChI=1S/C18H20O2/c1-12(2)20-16-11-6-5-10-15(16)18(19)17-13(3)8-7-9-14(17)4/h5-12H,1-4H3. The first-order valence-corrected chi connectivity index (χ1v) is 6.87. The number of hydrogen-bond donors (Lipinski definition) is 0. The van der Waals surface area contributed by atoms with Crippen LogP contribution in [0.3, 0.4) is 0 Å². The number of benzene rings is 2. The molecule has 0 saturated heterocycles. The second-order valence-electron chi connectivity index (χ2n) is 5.26. The molecule has 0 N–H and O–H groups in total. The smallest absolute Gasteiger partial charge is 0.197 e. The van der Waals surface area contributed by atoms with Crippen molar-refractivity contribution >= 4 is 5.78 Å². The summed E-state index contributed by atoms with van der Waals surface area (Å²) in [5, 5.41) is 0. The molecular formula is C18H20O2. The fourth-order valence-corrected chi connectivity index (χ4v) is 2.32. The van der Waals surface area contributed by atoms with Gasteiger partial charge in [0.1, 0.15) is 5.75 Å². The highest BCUT2D eigenvalue weighted by molar-refractivity contribution is 6.12. The first kappa shape index (κ1) is 14.3. The Hall–Kier alpha value is -2.09. The molecule has 0 aliphatic carbocycles. The van der Waals surface area contributed by atoms with E-state index in [1.165, 1.54) is 0 Å². The Bertz CT molecular complexity index is 607. The molecule has 104 valence electrons. The number of para-hydroxylation sites is 1. The minimum Gasteiger partial charge on any atom is -0.490 e. The third kappa shape index (κ3) is 2.90. The van der Waals surface area contributed by atoms with Gasteiger partial charge >= 0.3 is 0 Å². The van der Waals surface area contributed by atoms with E-state index in [1.807, 2.05) is 70.2 Å². The lowest BCUT2D eigenvalue weighted by atomic mass is 9.94. The Balaban J connectivity index is 2.49. The zero-order valence-electron chi connectivity index (χ0n) is 12.4. The summed E-state index contributed by atoms with van der Waals surface area (Å²) < 4.78 is 5.75. The van der Waals surface area contributed by atoms with Gasteiger partial charge in [-0.2, -0.15) is 0 Å². The number of aryl methyl sites for hydroxylation is 2. The molecule has 0 bridgehead atoms. The molecule has 2 aromatic rings. The molecule has 0 aliphatic rings. The Labute approximate surface area is 120 Å². The summed E-state index contributed by atoms with van der Waals surface area (Å²) in [4.78, 5) is 12.8. The van der Waals surface area contributed by atoms with E-state index in [0.29, 0.717) is 11.3 Å². The molecule has 0 radical (unpaired) electrons. The summed E-state index contributed by atoms with van der Waals surface area (Å²) in [6, 6.07) is 13.3. The summed E-state index contributed by atoms with van der Waals surface area (Å²) in [5.74, 6) is 0.673. The van der Waals surface area contributed by atoms with E-state index in [4.69, 9.17) is 4.74 Å². The zero-order valence-corrected chi connectivity index (χ0v) is 12.4. The van der Waals surface area contributed by atoms with Crippen molar-refractivity contribution in [2.24, 2.45) is 0 Å². The Kier molecular flexibility index (Phi) is 4.23. The van der Waals surface area contributed by atoms with E-state index in [2.05, 4.69) is 0 Å². The van der Waals surface area contributed by atoms with Crippen molar-refractivity contribution in [2.45, 2.75) is 33.8 Å². The third-order valence-corrected chi connectivity index (χ3v) is 3.20. The van der Waals surface area contributed by atoms with Crippen LogP contribution in [0.5, 0.6) is 5.75 Å². The second kappa shape index (κ2) is 5.91. The van der Waals surface area contributed by atoms with Gasteiger partial charge in [0.25, 0.3) is 0 Å². The van der Waals surface area contributed by atoms with Crippen LogP contribution in [0.25, 0.3) is 0 Å². The van der Waals surface area contributed by atoms with Gasteiger partial charge in [0.2, 0.25) is 0 Å². The normalized spacial score (nSPS) is 10.7. The monoisotopic (exact) mass is 268 g/mol. The van der Waals surface area contributed by atoms with Crippen LogP contribution in [0.2, 0.25) is 0 Å². The largest absolute Gasteiger partial charge is 0.490 e. The highest BCUT2D eigenvalue weighted by Crippen LogP contribution is 2.25. The Morgan fingerprint density at radius 3 is 2.15 bits per heavy atom. The van der Waals surface area contributed by atoms with Crippen LogP contribution in [0.4, 0.5) is 0 Å². The number of ketones is 1. The van der Waals surface area contributed by atoms with Gasteiger partial charge in [-0.25, -0.2) is 0 Å². The van der Waals surface area contributed by atoms with Crippen LogP contribution in [0.1, 0.15) is 40.9 Å². The van der Waals surface area contributed by atoms with E-state index in [9.17, 15) is 4.79 Å². The van der Waals surface area contributed by atoms with Gasteiger partial charge in [0.05, 0.1) is 11.7 Å². The minimum atomic E-state index is 0.0249. The minimum absolute atomic E-state index is 0.0249. The molecule has 0 atom stereocenters. The number of rotatable bonds is 4. The van der Waals surface area contributed by atoms with E-state index in [1.54, 1.807) is 0 Å². The molecular weight excluding hydrogens is 248 g/mol. The summed E-state index contributed by atoms with van der Waals surface area (Å²) in [7, 11) is 0. The molecule has 0 fully saturated rings. The van der Waals surface area contributed by atoms with Crippen LogP contribution in [0, 0.1) is 13.8 Å². The fourth-order valence-electron chi connectivity index (χ4n) is 2.32. The highest BCUT2D eigenvalue weighted by Gasteiger charge is 2.18. The molecule has 0 unspecified atom stereocenters. The zero-order chi connectivity index (χ0) is 14.7. The van der Waals surface area contributed by atoms with Crippen molar-refractivity contribution in [2.75, 3.05) is 0 Å². The van der Waals surface area contributed by atoms with E-state index < -0.39 is 0 Å². The molecule has 0 aliphatic heterocycles. The van der Waals surface area contributed by atoms with E-state index >= 15 is 0 Å². The molecule has 0 aromatic heterocycles. The van der Waals surface area contributed by atoms with Crippen molar-refractivity contribution in [3.8, 4) is 5.75 Å². The lowest BCUT2D eigenvalue weighted by molar-refractivity contribution is 0.103. The first-order chi connectivity index (χ1) is 9.50. The van der Waals surface area contributed by atoms with Gasteiger partial charge in [0.15, 0.2) is 5.78 Å². The SMILES string of the molecule is Cc1cccc(C)c1C(=O)c1ccccc1OC(C)C. The molecule has 0 heterocycles. The van der Waals surface area contributed by atoms with Crippen molar-refractivity contribution in [1.29, 1.82) is 0 Å². The maximum Gasteiger partial charge on any atom is 0.197 e. The quantitative estimate of drug-likeness (QED) is 0.772. The second-order valence-corrected chi connectivity index (χ2v) is 5.26. The molecule has 0 saturated carbocycles. The van der Waals surface area contributed by atoms with Crippen LogP contribution >= 0.6 is 0 Å². The van der Waals surface area contributed by atoms with Gasteiger partial charge < -0.3 is 4.74 Å². The Morgan fingerprint density at radius 2 is 1.55 bits per heavy atom. The number of carbonyl (C=O) groups is 1. The van der Waals surface area contributed by atoms with Crippen LogP contribution in [-0.4, -0.2) is 11.9 Å². The highest BCUT2D eigenvalue weighted by atomic mass is 16.5. The molecule has 2 heteroatoms. The average Bonchev–Trinajstić information content (AvgIpc) is 2.38. The summed E-state index contributed by atoms with van der Waals surface area (Å²) >= 11 is 0. The number of carbonyl (C=O) groups excluding carboxylic acids is 1.